The molecule has 11 heavy (non-hydrogen) atoms. The third kappa shape index (κ3) is 1.87. The second kappa shape index (κ2) is 4.06. The van der Waals surface area contributed by atoms with Crippen LogP contribution in [0.1, 0.15) is 20.9 Å². The molecule has 0 N–H and O–H groups in total. The molecule has 1 heterocycles. The number of hydrogen-bond donors (Lipinski definition) is 0. The van der Waals surface area contributed by atoms with Crippen LogP contribution in [0.4, 0.5) is 0 Å². The second-order valence-corrected chi connectivity index (χ2v) is 4.78. The van der Waals surface area contributed by atoms with Crippen LogP contribution in [0, 0.1) is 13.8 Å². The molecule has 0 nitrogen and oxygen atoms in total. The first kappa shape index (κ1) is 9.75. The summed E-state index contributed by atoms with van der Waals surface area (Å²) in [6, 6.07) is 0. The van der Waals surface area contributed by atoms with Crippen molar-refractivity contribution in [2.45, 2.75) is 24.5 Å². The van der Waals surface area contributed by atoms with E-state index in [9.17, 15) is 0 Å². The topological polar surface area (TPSA) is 0 Å². The highest BCUT2D eigenvalue weighted by Crippen LogP contribution is 2.30. The van der Waals surface area contributed by atoms with Gasteiger partial charge in [-0.2, -0.15) is 0 Å². The summed E-state index contributed by atoms with van der Waals surface area (Å²) in [7, 11) is 0. The van der Waals surface area contributed by atoms with E-state index in [1.165, 1.54) is 20.9 Å². The summed E-state index contributed by atoms with van der Waals surface area (Å²) >= 11 is 8.85. The maximum atomic E-state index is 3.48. The molecule has 0 unspecified atom stereocenters. The number of hydrogen-bond acceptors (Lipinski definition) is 1. The van der Waals surface area contributed by atoms with Crippen LogP contribution in [0.2, 0.25) is 0 Å². The fourth-order valence-corrected chi connectivity index (χ4v) is 3.52. The molecule has 0 aliphatic heterocycles. The molecule has 0 saturated carbocycles. The van der Waals surface area contributed by atoms with Gasteiger partial charge in [0.2, 0.25) is 0 Å². The Morgan fingerprint density at radius 2 is 1.36 bits per heavy atom. The molecule has 1 aromatic rings. The Labute approximate surface area is 88.3 Å². The van der Waals surface area contributed by atoms with Crippen LogP contribution in [0.15, 0.2) is 0 Å². The average Bonchev–Trinajstić information content (AvgIpc) is 2.30. The summed E-state index contributed by atoms with van der Waals surface area (Å²) in [4.78, 5) is 2.91. The van der Waals surface area contributed by atoms with Crippen molar-refractivity contribution in [1.82, 2.24) is 0 Å². The molecule has 0 fully saturated rings. The third-order valence-corrected chi connectivity index (χ3v) is 5.15. The molecule has 0 aliphatic carbocycles. The summed E-state index contributed by atoms with van der Waals surface area (Å²) < 4.78 is 0. The van der Waals surface area contributed by atoms with Crippen LogP contribution < -0.4 is 0 Å². The normalized spacial score (nSPS) is 10.5. The van der Waals surface area contributed by atoms with E-state index in [4.69, 9.17) is 0 Å². The number of halogens is 2. The van der Waals surface area contributed by atoms with Gasteiger partial charge in [0.25, 0.3) is 0 Å². The highest BCUT2D eigenvalue weighted by atomic mass is 79.9. The first-order valence-electron chi connectivity index (χ1n) is 3.40. The summed E-state index contributed by atoms with van der Waals surface area (Å²) in [5.41, 5.74) is 2.89. The summed E-state index contributed by atoms with van der Waals surface area (Å²) in [6.07, 6.45) is 0. The van der Waals surface area contributed by atoms with Gasteiger partial charge in [0.15, 0.2) is 0 Å². The molecule has 1 aromatic heterocycles. The van der Waals surface area contributed by atoms with Gasteiger partial charge in [0.1, 0.15) is 0 Å². The molecule has 62 valence electrons. The van der Waals surface area contributed by atoms with Gasteiger partial charge in [0.05, 0.1) is 0 Å². The standard InChI is InChI=1S/C8H10Br2S/c1-5-6(2)8(4-10)11-7(5)3-9/h3-4H2,1-2H3. The third-order valence-electron chi connectivity index (χ3n) is 1.89. The second-order valence-electron chi connectivity index (χ2n) is 2.47. The predicted molar refractivity (Wildman–Crippen MR) is 59.1 cm³/mol. The monoisotopic (exact) mass is 296 g/mol. The van der Waals surface area contributed by atoms with Gasteiger partial charge >= 0.3 is 0 Å². The lowest BCUT2D eigenvalue weighted by Gasteiger charge is -1.92. The minimum absolute atomic E-state index is 0.983. The Bertz CT molecular complexity index is 228. The van der Waals surface area contributed by atoms with Gasteiger partial charge in [-0.25, -0.2) is 0 Å². The van der Waals surface area contributed by atoms with Crippen molar-refractivity contribution in [3.8, 4) is 0 Å². The van der Waals surface area contributed by atoms with Gasteiger partial charge < -0.3 is 0 Å². The first-order valence-corrected chi connectivity index (χ1v) is 6.46. The molecule has 1 rings (SSSR count). The average molecular weight is 298 g/mol. The predicted octanol–water partition coefficient (Wildman–Crippen LogP) is 4.15. The molecule has 0 saturated heterocycles. The fourth-order valence-electron chi connectivity index (χ4n) is 0.975. The highest BCUT2D eigenvalue weighted by molar-refractivity contribution is 9.09. The molecule has 0 atom stereocenters. The molecule has 0 radical (unpaired) electrons. The summed E-state index contributed by atoms with van der Waals surface area (Å²) in [5, 5.41) is 1.97. The van der Waals surface area contributed by atoms with Gasteiger partial charge in [-0.05, 0) is 25.0 Å². The van der Waals surface area contributed by atoms with E-state index < -0.39 is 0 Å². The lowest BCUT2D eigenvalue weighted by molar-refractivity contribution is 1.30. The molecular formula is C8H10Br2S. The van der Waals surface area contributed by atoms with E-state index in [0.717, 1.165) is 10.7 Å². The van der Waals surface area contributed by atoms with E-state index >= 15 is 0 Å². The molecule has 3 heteroatoms. The van der Waals surface area contributed by atoms with Crippen molar-refractivity contribution >= 4 is 43.2 Å². The van der Waals surface area contributed by atoms with Crippen molar-refractivity contribution in [1.29, 1.82) is 0 Å². The van der Waals surface area contributed by atoms with Crippen LogP contribution in [-0.2, 0) is 10.7 Å². The lowest BCUT2D eigenvalue weighted by Crippen LogP contribution is -1.78. The Morgan fingerprint density at radius 3 is 1.55 bits per heavy atom. The summed E-state index contributed by atoms with van der Waals surface area (Å²) in [6.45, 7) is 4.38. The SMILES string of the molecule is Cc1c(CBr)sc(CBr)c1C. The highest BCUT2D eigenvalue weighted by Gasteiger charge is 2.08. The minimum Gasteiger partial charge on any atom is -0.143 e. The smallest absolute Gasteiger partial charge is 0.0380 e. The van der Waals surface area contributed by atoms with E-state index in [1.54, 1.807) is 0 Å². The quantitative estimate of drug-likeness (QED) is 0.719. The van der Waals surface area contributed by atoms with Crippen molar-refractivity contribution < 1.29 is 0 Å². The maximum Gasteiger partial charge on any atom is 0.0380 e. The van der Waals surface area contributed by atoms with Crippen molar-refractivity contribution in [3.05, 3.63) is 20.9 Å². The molecule has 0 bridgehead atoms. The Balaban J connectivity index is 3.12. The van der Waals surface area contributed by atoms with Crippen LogP contribution in [0.3, 0.4) is 0 Å². The fraction of sp³-hybridized carbons (Fsp3) is 0.500. The zero-order chi connectivity index (χ0) is 8.43. The van der Waals surface area contributed by atoms with Crippen LogP contribution in [0.5, 0.6) is 0 Å². The van der Waals surface area contributed by atoms with Crippen LogP contribution in [-0.4, -0.2) is 0 Å². The Hall–Kier alpha value is 0.660. The zero-order valence-corrected chi connectivity index (χ0v) is 10.6. The van der Waals surface area contributed by atoms with Crippen molar-refractivity contribution in [2.24, 2.45) is 0 Å². The number of alkyl halides is 2. The van der Waals surface area contributed by atoms with Crippen molar-refractivity contribution in [2.75, 3.05) is 0 Å². The van der Waals surface area contributed by atoms with E-state index in [0.29, 0.717) is 0 Å². The molecule has 0 spiro atoms. The van der Waals surface area contributed by atoms with Gasteiger partial charge in [-0.15, -0.1) is 11.3 Å². The van der Waals surface area contributed by atoms with Gasteiger partial charge in [0, 0.05) is 20.4 Å². The summed E-state index contributed by atoms with van der Waals surface area (Å²) in [5.74, 6) is 0. The first-order chi connectivity index (χ1) is 5.20. The van der Waals surface area contributed by atoms with E-state index in [2.05, 4.69) is 45.7 Å². The largest absolute Gasteiger partial charge is 0.143 e. The van der Waals surface area contributed by atoms with Crippen molar-refractivity contribution in [3.63, 3.8) is 0 Å². The molecule has 0 aromatic carbocycles. The number of thiophene rings is 1. The Kier molecular flexibility index (Phi) is 3.59. The lowest BCUT2D eigenvalue weighted by atomic mass is 10.2. The van der Waals surface area contributed by atoms with Gasteiger partial charge in [-0.3, -0.25) is 0 Å². The van der Waals surface area contributed by atoms with Crippen LogP contribution in [0.25, 0.3) is 0 Å². The molecule has 0 aliphatic rings. The van der Waals surface area contributed by atoms with Gasteiger partial charge in [-0.1, -0.05) is 31.9 Å². The maximum absolute atomic E-state index is 3.48. The molecular weight excluding hydrogens is 288 g/mol. The Morgan fingerprint density at radius 1 is 1.00 bits per heavy atom. The van der Waals surface area contributed by atoms with E-state index in [-0.39, 0.29) is 0 Å². The zero-order valence-electron chi connectivity index (χ0n) is 6.58. The number of rotatable bonds is 2. The van der Waals surface area contributed by atoms with Crippen LogP contribution >= 0.6 is 43.2 Å². The minimum atomic E-state index is 0.983. The molecule has 0 amide bonds. The van der Waals surface area contributed by atoms with E-state index in [1.807, 2.05) is 11.3 Å².